The van der Waals surface area contributed by atoms with Crippen molar-refractivity contribution in [3.05, 3.63) is 0 Å². The summed E-state index contributed by atoms with van der Waals surface area (Å²) in [4.78, 5) is 0. The summed E-state index contributed by atoms with van der Waals surface area (Å²) in [6, 6.07) is 0. The van der Waals surface area contributed by atoms with E-state index in [9.17, 15) is 0 Å². The van der Waals surface area contributed by atoms with Crippen molar-refractivity contribution in [1.82, 2.24) is 0 Å². The molecule has 0 fully saturated rings. The van der Waals surface area contributed by atoms with Crippen LogP contribution < -0.4 is 0 Å². The Morgan fingerprint density at radius 2 is 0.364 bits per heavy atom. The van der Waals surface area contributed by atoms with Crippen LogP contribution in [0, 0.1) is 0 Å². The molecule has 0 saturated heterocycles. The molecule has 0 aromatic heterocycles. The molecule has 0 saturated carbocycles. The zero-order chi connectivity index (χ0) is 0. The van der Waals surface area contributed by atoms with Crippen LogP contribution in [-0.2, 0) is 211 Å². The van der Waals surface area contributed by atoms with Gasteiger partial charge in [0.25, 0.3) is 0 Å². The minimum Gasteiger partial charge on any atom is 0 e. The summed E-state index contributed by atoms with van der Waals surface area (Å²) in [5.41, 5.74) is 0. The summed E-state index contributed by atoms with van der Waals surface area (Å²) in [5, 5.41) is 0. The standard InChI is InChI=1S/2Al.3Ni.3Pt.3Y/q;;3*+2;;;;;;. The smallest absolute Gasteiger partial charge is 0 e. The second-order valence-corrected chi connectivity index (χ2v) is 0. The molecular formula is Al2Ni3Pt3Y3+6. The van der Waals surface area contributed by atoms with E-state index in [0.717, 1.165) is 0 Å². The van der Waals surface area contributed by atoms with E-state index in [0.29, 0.717) is 0 Å². The molecule has 0 aromatic carbocycles. The Kier molecular flexibility index (Phi) is 720. The summed E-state index contributed by atoms with van der Waals surface area (Å²) in [6.07, 6.45) is 0. The Balaban J connectivity index is 0. The minimum atomic E-state index is 0. The van der Waals surface area contributed by atoms with Gasteiger partial charge in [0.2, 0.25) is 0 Å². The maximum absolute atomic E-state index is 0. The molecule has 11 heavy (non-hydrogen) atoms. The fourth-order valence-electron chi connectivity index (χ4n) is 0. The van der Waals surface area contributed by atoms with Gasteiger partial charge in [-0.1, -0.05) is 0 Å². The van der Waals surface area contributed by atoms with Gasteiger partial charge in [0.05, 0.1) is 0 Å². The van der Waals surface area contributed by atoms with Crippen LogP contribution in [-0.4, -0.2) is 34.7 Å². The van der Waals surface area contributed by atoms with Crippen molar-refractivity contribution in [2.45, 2.75) is 0 Å². The van der Waals surface area contributed by atoms with Crippen molar-refractivity contribution in [2.24, 2.45) is 0 Å². The predicted molar refractivity (Wildman–Crippen MR) is 11.5 cm³/mol. The Bertz CT molecular complexity index is 21.8. The van der Waals surface area contributed by atoms with Crippen molar-refractivity contribution < 1.29 is 211 Å². The molecule has 0 unspecified atom stereocenters. The third kappa shape index (κ3) is 72.4. The zero-order valence-electron chi connectivity index (χ0n) is 4.78. The summed E-state index contributed by atoms with van der Waals surface area (Å²) < 4.78 is 0. The van der Waals surface area contributed by atoms with E-state index in [-0.39, 0.29) is 246 Å². The summed E-state index contributed by atoms with van der Waals surface area (Å²) in [6.45, 7) is 0. The third-order valence-electron chi connectivity index (χ3n) is 0. The van der Waals surface area contributed by atoms with Crippen LogP contribution in [0.15, 0.2) is 0 Å². The fraction of sp³-hybridized carbons (Fsp3) is 0. The van der Waals surface area contributed by atoms with E-state index in [1.165, 1.54) is 0 Å². The molecule has 0 nitrogen and oxygen atoms in total. The van der Waals surface area contributed by atoms with Crippen LogP contribution >= 0.6 is 0 Å². The van der Waals surface area contributed by atoms with Gasteiger partial charge in [-0.25, -0.2) is 0 Å². The van der Waals surface area contributed by atoms with E-state index < -0.39 is 0 Å². The van der Waals surface area contributed by atoms with Crippen LogP contribution in [0.25, 0.3) is 0 Å². The van der Waals surface area contributed by atoms with Gasteiger partial charge in [-0.2, -0.15) is 0 Å². The van der Waals surface area contributed by atoms with E-state index in [1.54, 1.807) is 0 Å². The molecule has 11 heteroatoms. The molecule has 0 heterocycles. The Labute approximate surface area is 239 Å². The molecule has 9 radical (unpaired) electrons. The first-order valence-corrected chi connectivity index (χ1v) is 0. The maximum atomic E-state index is 0. The fourth-order valence-corrected chi connectivity index (χ4v) is 0. The van der Waals surface area contributed by atoms with E-state index >= 15 is 0 Å². The monoisotopic (exact) mass is 1080 g/mol. The van der Waals surface area contributed by atoms with E-state index in [4.69, 9.17) is 0 Å². The van der Waals surface area contributed by atoms with Crippen molar-refractivity contribution in [2.75, 3.05) is 0 Å². The van der Waals surface area contributed by atoms with E-state index in [1.807, 2.05) is 0 Å². The first-order valence-electron chi connectivity index (χ1n) is 0. The second-order valence-electron chi connectivity index (χ2n) is 0. The average Bonchev–Trinajstić information content (AvgIpc) is 0. The summed E-state index contributed by atoms with van der Waals surface area (Å²) >= 11 is 0. The van der Waals surface area contributed by atoms with Gasteiger partial charge in [0, 0.05) is 196 Å². The molecule has 0 spiro atoms. The molecule has 0 aliphatic rings. The van der Waals surface area contributed by atoms with Gasteiger partial charge in [-0.05, 0) is 0 Å². The van der Waals surface area contributed by atoms with Crippen molar-refractivity contribution in [1.29, 1.82) is 0 Å². The zero-order valence-corrected chi connectivity index (χ0v) is 25.4. The third-order valence-corrected chi connectivity index (χ3v) is 0. The normalized spacial score (nSPS) is 0. The molecule has 0 atom stereocenters. The minimum absolute atomic E-state index is 0. The van der Waals surface area contributed by atoms with E-state index in [2.05, 4.69) is 0 Å². The van der Waals surface area contributed by atoms with Gasteiger partial charge in [-0.15, -0.1) is 0 Å². The van der Waals surface area contributed by atoms with Gasteiger partial charge in [0.1, 0.15) is 0 Å². The molecule has 0 N–H and O–H groups in total. The molecular weight excluding hydrogens is 1080 g/mol. The molecule has 0 aliphatic heterocycles. The molecule has 69 valence electrons. The molecule has 0 amide bonds. The topological polar surface area (TPSA) is 0 Å². The molecule has 0 rings (SSSR count). The van der Waals surface area contributed by atoms with Gasteiger partial charge >= 0.3 is 49.5 Å². The number of hydrogen-bond acceptors (Lipinski definition) is 0. The van der Waals surface area contributed by atoms with Crippen LogP contribution in [0.2, 0.25) is 0 Å². The number of rotatable bonds is 0. The molecule has 0 aromatic rings. The van der Waals surface area contributed by atoms with Gasteiger partial charge in [0.15, 0.2) is 0 Å². The largest absolute Gasteiger partial charge is 2.00 e. The average molecular weight is 1080 g/mol. The first-order chi connectivity index (χ1) is 0. The second kappa shape index (κ2) is 81.8. The van der Waals surface area contributed by atoms with Crippen molar-refractivity contribution in [3.63, 3.8) is 0 Å². The quantitative estimate of drug-likeness (QED) is 0.280. The Morgan fingerprint density at radius 3 is 0.364 bits per heavy atom. The summed E-state index contributed by atoms with van der Waals surface area (Å²) in [5.74, 6) is 0. The first kappa shape index (κ1) is 96.8. The van der Waals surface area contributed by atoms with Crippen LogP contribution in [0.3, 0.4) is 0 Å². The Morgan fingerprint density at radius 1 is 0.364 bits per heavy atom. The maximum Gasteiger partial charge on any atom is 2.00 e. The van der Waals surface area contributed by atoms with Gasteiger partial charge < -0.3 is 0 Å². The van der Waals surface area contributed by atoms with Crippen molar-refractivity contribution in [3.8, 4) is 0 Å². The molecule has 0 aliphatic carbocycles. The summed E-state index contributed by atoms with van der Waals surface area (Å²) in [7, 11) is 0. The van der Waals surface area contributed by atoms with Crippen molar-refractivity contribution >= 4 is 34.7 Å². The van der Waals surface area contributed by atoms with Crippen LogP contribution in [0.5, 0.6) is 0 Å². The molecule has 0 bridgehead atoms. The number of hydrogen-bond donors (Lipinski definition) is 0. The SMILES string of the molecule is [Al].[Al].[Ni+2].[Ni+2].[Ni+2].[Pt].[Pt].[Pt].[Y].[Y].[Y]. The predicted octanol–water partition coefficient (Wildman–Crippen LogP) is -0.784. The van der Waals surface area contributed by atoms with Gasteiger partial charge in [-0.3, -0.25) is 0 Å². The van der Waals surface area contributed by atoms with Crippen LogP contribution in [0.4, 0.5) is 0 Å². The Hall–Kier alpha value is 7.92. The van der Waals surface area contributed by atoms with Crippen LogP contribution in [0.1, 0.15) is 0 Å².